The lowest BCUT2D eigenvalue weighted by molar-refractivity contribution is 0.933. The molecule has 0 aliphatic carbocycles. The molecule has 0 radical (unpaired) electrons. The molecule has 1 heteroatoms. The van der Waals surface area contributed by atoms with Crippen LogP contribution in [0.3, 0.4) is 0 Å². The number of benzene rings is 1. The third-order valence-electron chi connectivity index (χ3n) is 3.67. The van der Waals surface area contributed by atoms with Crippen molar-refractivity contribution in [3.8, 4) is 0 Å². The Balaban J connectivity index is 2.06. The van der Waals surface area contributed by atoms with Crippen LogP contribution < -0.4 is 0 Å². The van der Waals surface area contributed by atoms with Crippen molar-refractivity contribution in [2.45, 2.75) is 30.4 Å². The van der Waals surface area contributed by atoms with E-state index in [0.717, 1.165) is 5.25 Å². The highest BCUT2D eigenvalue weighted by Gasteiger charge is 2.38. The lowest BCUT2D eigenvalue weighted by Crippen LogP contribution is -2.30. The average molecular weight is 229 g/mol. The van der Waals surface area contributed by atoms with E-state index >= 15 is 0 Å². The molecular weight excluding hydrogens is 212 g/mol. The fourth-order valence-corrected chi connectivity index (χ4v) is 5.33. The van der Waals surface area contributed by atoms with Crippen molar-refractivity contribution in [2.75, 3.05) is 5.75 Å². The van der Waals surface area contributed by atoms with Crippen molar-refractivity contribution in [3.63, 3.8) is 0 Å². The van der Waals surface area contributed by atoms with Crippen LogP contribution in [0.15, 0.2) is 46.4 Å². The first-order chi connectivity index (χ1) is 7.75. The third kappa shape index (κ3) is 1.54. The molecule has 2 aliphatic heterocycles. The first-order valence-corrected chi connectivity index (χ1v) is 7.33. The molecule has 2 unspecified atom stereocenters. The summed E-state index contributed by atoms with van der Waals surface area (Å²) in [5.74, 6) is 1.28. The summed E-state index contributed by atoms with van der Waals surface area (Å²) in [4.78, 5) is 1.59. The van der Waals surface area contributed by atoms with Gasteiger partial charge in [0.2, 0.25) is 0 Å². The largest absolute Gasteiger partial charge is 0.163 e. The molecule has 16 heavy (non-hydrogen) atoms. The van der Waals surface area contributed by atoms with Crippen LogP contribution in [-0.2, 0) is 10.9 Å². The van der Waals surface area contributed by atoms with Gasteiger partial charge in [0.25, 0.3) is 0 Å². The second-order valence-corrected chi connectivity index (χ2v) is 6.97. The summed E-state index contributed by atoms with van der Waals surface area (Å²) in [5, 5.41) is 0.763. The second kappa shape index (κ2) is 3.81. The second-order valence-electron chi connectivity index (χ2n) is 4.77. The van der Waals surface area contributed by atoms with E-state index < -0.39 is 0 Å². The van der Waals surface area contributed by atoms with E-state index in [1.807, 2.05) is 0 Å². The Morgan fingerprint density at radius 3 is 2.81 bits per heavy atom. The molecule has 1 aromatic rings. The van der Waals surface area contributed by atoms with Crippen molar-refractivity contribution >= 4 is 17.0 Å². The standard InChI is InChI=1S/C15H17S/c1-11-9-14-8-7-13-5-3-4-6-15(13)16(14)10-12(11)2/h3-8,14H,9-10H2,1-2H3/q+1. The summed E-state index contributed by atoms with van der Waals surface area (Å²) in [6.45, 7) is 4.60. The van der Waals surface area contributed by atoms with Crippen LogP contribution >= 0.6 is 0 Å². The monoisotopic (exact) mass is 229 g/mol. The maximum absolute atomic E-state index is 2.43. The number of fused-ring (bicyclic) bond motifs is 3. The predicted molar refractivity (Wildman–Crippen MR) is 72.8 cm³/mol. The smallest absolute Gasteiger partial charge is 0.0644 e. The summed E-state index contributed by atoms with van der Waals surface area (Å²) in [5.41, 5.74) is 4.66. The van der Waals surface area contributed by atoms with Crippen molar-refractivity contribution in [1.29, 1.82) is 0 Å². The van der Waals surface area contributed by atoms with Crippen LogP contribution in [-0.4, -0.2) is 11.0 Å². The lowest BCUT2D eigenvalue weighted by Gasteiger charge is -2.26. The molecule has 0 N–H and O–H groups in total. The van der Waals surface area contributed by atoms with E-state index in [1.54, 1.807) is 16.0 Å². The van der Waals surface area contributed by atoms with E-state index in [1.165, 1.54) is 17.7 Å². The fraction of sp³-hybridized carbons (Fsp3) is 0.333. The molecule has 2 atom stereocenters. The predicted octanol–water partition coefficient (Wildman–Crippen LogP) is 3.80. The van der Waals surface area contributed by atoms with Crippen molar-refractivity contribution in [3.05, 3.63) is 47.1 Å². The maximum atomic E-state index is 2.43. The molecule has 0 fully saturated rings. The van der Waals surface area contributed by atoms with Gasteiger partial charge >= 0.3 is 0 Å². The first kappa shape index (κ1) is 10.2. The Kier molecular flexibility index (Phi) is 2.44. The van der Waals surface area contributed by atoms with E-state index in [0.29, 0.717) is 10.9 Å². The summed E-state index contributed by atoms with van der Waals surface area (Å²) < 4.78 is 0. The SMILES string of the molecule is CC1=C(C)C[S+]2c3ccccc3C=CC2C1. The van der Waals surface area contributed by atoms with Gasteiger partial charge in [-0.25, -0.2) is 0 Å². The number of allylic oxidation sites excluding steroid dienone is 1. The van der Waals surface area contributed by atoms with Crippen molar-refractivity contribution in [1.82, 2.24) is 0 Å². The zero-order valence-electron chi connectivity index (χ0n) is 9.86. The van der Waals surface area contributed by atoms with E-state index in [9.17, 15) is 0 Å². The molecule has 0 amide bonds. The van der Waals surface area contributed by atoms with Crippen molar-refractivity contribution in [2.24, 2.45) is 0 Å². The minimum Gasteiger partial charge on any atom is -0.0644 e. The van der Waals surface area contributed by atoms with Crippen LogP contribution in [0.1, 0.15) is 25.8 Å². The minimum atomic E-state index is 0.427. The molecule has 0 nitrogen and oxygen atoms in total. The van der Waals surface area contributed by atoms with E-state index in [4.69, 9.17) is 0 Å². The van der Waals surface area contributed by atoms with Gasteiger partial charge in [-0.05, 0) is 43.7 Å². The summed E-state index contributed by atoms with van der Waals surface area (Å²) in [6, 6.07) is 8.89. The molecule has 0 spiro atoms. The number of hydrogen-bond donors (Lipinski definition) is 0. The molecule has 0 aromatic heterocycles. The molecular formula is C15H17S+. The molecule has 1 aromatic carbocycles. The Morgan fingerprint density at radius 1 is 1.12 bits per heavy atom. The highest BCUT2D eigenvalue weighted by molar-refractivity contribution is 7.98. The van der Waals surface area contributed by atoms with Crippen LogP contribution in [0.4, 0.5) is 0 Å². The Hall–Kier alpha value is -0.950. The van der Waals surface area contributed by atoms with E-state index in [2.05, 4.69) is 50.3 Å². The van der Waals surface area contributed by atoms with Crippen LogP contribution in [0.2, 0.25) is 0 Å². The van der Waals surface area contributed by atoms with Gasteiger partial charge < -0.3 is 0 Å². The average Bonchev–Trinajstić information content (AvgIpc) is 2.31. The molecule has 0 bridgehead atoms. The van der Waals surface area contributed by atoms with Gasteiger partial charge in [0.15, 0.2) is 4.90 Å². The molecule has 82 valence electrons. The van der Waals surface area contributed by atoms with Gasteiger partial charge in [0, 0.05) is 22.9 Å². The van der Waals surface area contributed by atoms with Gasteiger partial charge in [0.05, 0.1) is 0 Å². The Labute approximate surface area is 100 Å². The van der Waals surface area contributed by atoms with Crippen LogP contribution in [0.5, 0.6) is 0 Å². The van der Waals surface area contributed by atoms with Gasteiger partial charge in [-0.15, -0.1) is 0 Å². The van der Waals surface area contributed by atoms with Gasteiger partial charge in [-0.2, -0.15) is 0 Å². The normalized spacial score (nSPS) is 27.6. The van der Waals surface area contributed by atoms with Crippen molar-refractivity contribution < 1.29 is 0 Å². The quantitative estimate of drug-likeness (QED) is 0.469. The molecule has 2 heterocycles. The summed E-state index contributed by atoms with van der Waals surface area (Å²) in [6.07, 6.45) is 6.01. The fourth-order valence-electron chi connectivity index (χ4n) is 2.51. The van der Waals surface area contributed by atoms with Gasteiger partial charge in [-0.1, -0.05) is 17.7 Å². The zero-order valence-corrected chi connectivity index (χ0v) is 10.7. The highest BCUT2D eigenvalue weighted by atomic mass is 32.2. The number of hydrogen-bond acceptors (Lipinski definition) is 0. The Morgan fingerprint density at radius 2 is 1.94 bits per heavy atom. The summed E-state index contributed by atoms with van der Waals surface area (Å²) >= 11 is 0. The molecule has 0 saturated heterocycles. The Bertz CT molecular complexity index is 482. The highest BCUT2D eigenvalue weighted by Crippen LogP contribution is 2.37. The maximum Gasteiger partial charge on any atom is 0.163 e. The number of rotatable bonds is 0. The van der Waals surface area contributed by atoms with Gasteiger partial charge in [0.1, 0.15) is 11.0 Å². The molecule has 0 saturated carbocycles. The molecule has 2 aliphatic rings. The summed E-state index contributed by atoms with van der Waals surface area (Å²) in [7, 11) is 0.427. The minimum absolute atomic E-state index is 0.427. The molecule has 3 rings (SSSR count). The van der Waals surface area contributed by atoms with Gasteiger partial charge in [-0.3, -0.25) is 0 Å². The zero-order chi connectivity index (χ0) is 11.1. The lowest BCUT2D eigenvalue weighted by atomic mass is 10.0. The first-order valence-electron chi connectivity index (χ1n) is 5.88. The topological polar surface area (TPSA) is 0 Å². The van der Waals surface area contributed by atoms with Crippen LogP contribution in [0.25, 0.3) is 6.08 Å². The third-order valence-corrected chi connectivity index (χ3v) is 6.40. The van der Waals surface area contributed by atoms with Crippen LogP contribution in [0, 0.1) is 0 Å². The van der Waals surface area contributed by atoms with E-state index in [-0.39, 0.29) is 0 Å².